The van der Waals surface area contributed by atoms with Crippen LogP contribution in [0.15, 0.2) is 6.07 Å². The Morgan fingerprint density at radius 1 is 1.68 bits per heavy atom. The van der Waals surface area contributed by atoms with Crippen LogP contribution < -0.4 is 15.2 Å². The van der Waals surface area contributed by atoms with Crippen molar-refractivity contribution >= 4 is 23.5 Å². The Labute approximate surface area is 114 Å². The number of halogens is 1. The molecule has 8 heteroatoms. The van der Waals surface area contributed by atoms with Gasteiger partial charge in [0.15, 0.2) is 5.75 Å². The molecule has 0 radical (unpaired) electrons. The summed E-state index contributed by atoms with van der Waals surface area (Å²) in [5.41, 5.74) is 5.60. The SMILES string of the molecule is COc1c(Cl)cc(N)nc1O[C@H]1CCN(C(=O)O)C1. The summed E-state index contributed by atoms with van der Waals surface area (Å²) < 4.78 is 10.7. The molecule has 1 amide bonds. The lowest BCUT2D eigenvalue weighted by molar-refractivity contribution is 0.143. The molecule has 1 aliphatic heterocycles. The fourth-order valence-corrected chi connectivity index (χ4v) is 2.19. The number of hydrogen-bond donors (Lipinski definition) is 2. The van der Waals surface area contributed by atoms with Crippen molar-refractivity contribution in [3.8, 4) is 11.6 Å². The molecule has 2 rings (SSSR count). The van der Waals surface area contributed by atoms with E-state index >= 15 is 0 Å². The molecule has 0 aromatic carbocycles. The average Bonchev–Trinajstić information content (AvgIpc) is 2.77. The van der Waals surface area contributed by atoms with Crippen molar-refractivity contribution in [2.45, 2.75) is 12.5 Å². The normalized spacial score (nSPS) is 18.4. The summed E-state index contributed by atoms with van der Waals surface area (Å²) >= 11 is 5.97. The van der Waals surface area contributed by atoms with Crippen molar-refractivity contribution in [3.05, 3.63) is 11.1 Å². The molecule has 0 spiro atoms. The highest BCUT2D eigenvalue weighted by atomic mass is 35.5. The van der Waals surface area contributed by atoms with Gasteiger partial charge in [-0.05, 0) is 0 Å². The minimum Gasteiger partial charge on any atom is -0.490 e. The first-order valence-corrected chi connectivity index (χ1v) is 6.03. The summed E-state index contributed by atoms with van der Waals surface area (Å²) in [6, 6.07) is 1.46. The van der Waals surface area contributed by atoms with Crippen LogP contribution in [0.4, 0.5) is 10.6 Å². The van der Waals surface area contributed by atoms with Crippen LogP contribution in [0, 0.1) is 0 Å². The number of amides is 1. The predicted octanol–water partition coefficient (Wildman–Crippen LogP) is 1.46. The van der Waals surface area contributed by atoms with Crippen molar-refractivity contribution in [1.82, 2.24) is 9.88 Å². The van der Waals surface area contributed by atoms with Crippen molar-refractivity contribution in [1.29, 1.82) is 0 Å². The first kappa shape index (κ1) is 13.5. The van der Waals surface area contributed by atoms with Crippen LogP contribution >= 0.6 is 11.6 Å². The van der Waals surface area contributed by atoms with Crippen molar-refractivity contribution in [2.75, 3.05) is 25.9 Å². The maximum absolute atomic E-state index is 10.8. The van der Waals surface area contributed by atoms with Crippen molar-refractivity contribution in [3.63, 3.8) is 0 Å². The molecule has 1 atom stereocenters. The van der Waals surface area contributed by atoms with Gasteiger partial charge in [0, 0.05) is 19.0 Å². The zero-order chi connectivity index (χ0) is 14.0. The van der Waals surface area contributed by atoms with Crippen LogP contribution in [0.25, 0.3) is 0 Å². The summed E-state index contributed by atoms with van der Waals surface area (Å²) in [7, 11) is 1.45. The second-order valence-corrected chi connectivity index (χ2v) is 4.53. The Hall–Kier alpha value is -1.89. The van der Waals surface area contributed by atoms with Crippen LogP contribution in [0.5, 0.6) is 11.6 Å². The largest absolute Gasteiger partial charge is 0.490 e. The van der Waals surface area contributed by atoms with E-state index in [2.05, 4.69) is 4.98 Å². The monoisotopic (exact) mass is 287 g/mol. The number of hydrogen-bond acceptors (Lipinski definition) is 5. The van der Waals surface area contributed by atoms with Crippen LogP contribution in [-0.4, -0.2) is 47.4 Å². The van der Waals surface area contributed by atoms with Gasteiger partial charge in [-0.25, -0.2) is 4.79 Å². The fourth-order valence-electron chi connectivity index (χ4n) is 1.92. The van der Waals surface area contributed by atoms with Crippen molar-refractivity contribution < 1.29 is 19.4 Å². The highest BCUT2D eigenvalue weighted by Crippen LogP contribution is 2.35. The molecule has 19 heavy (non-hydrogen) atoms. The van der Waals surface area contributed by atoms with Gasteiger partial charge in [0.05, 0.1) is 18.7 Å². The molecular formula is C11H14ClN3O4. The molecule has 2 heterocycles. The van der Waals surface area contributed by atoms with E-state index < -0.39 is 6.09 Å². The quantitative estimate of drug-likeness (QED) is 0.873. The number of carboxylic acid groups (broad SMARTS) is 1. The van der Waals surface area contributed by atoms with Gasteiger partial charge in [-0.3, -0.25) is 0 Å². The molecule has 3 N–H and O–H groups in total. The number of rotatable bonds is 3. The third kappa shape index (κ3) is 2.93. The molecule has 1 fully saturated rings. The Kier molecular flexibility index (Phi) is 3.84. The van der Waals surface area contributed by atoms with E-state index in [0.717, 1.165) is 0 Å². The van der Waals surface area contributed by atoms with Gasteiger partial charge < -0.3 is 25.2 Å². The molecule has 1 aliphatic rings. The second kappa shape index (κ2) is 5.40. The molecular weight excluding hydrogens is 274 g/mol. The highest BCUT2D eigenvalue weighted by molar-refractivity contribution is 6.32. The predicted molar refractivity (Wildman–Crippen MR) is 68.8 cm³/mol. The smallest absolute Gasteiger partial charge is 0.407 e. The lowest BCUT2D eigenvalue weighted by Gasteiger charge is -2.16. The molecule has 0 aliphatic carbocycles. The Bertz CT molecular complexity index is 497. The standard InChI is InChI=1S/C11H14ClN3O4/c1-18-9-7(12)4-8(13)14-10(9)19-6-2-3-15(5-6)11(16)17/h4,6H,2-3,5H2,1H3,(H2,13,14)(H,16,17)/t6-/m0/s1. The molecule has 1 aromatic rings. The molecule has 1 saturated heterocycles. The number of carbonyl (C=O) groups is 1. The first-order valence-electron chi connectivity index (χ1n) is 5.65. The van der Waals surface area contributed by atoms with Gasteiger partial charge in [0.2, 0.25) is 0 Å². The lowest BCUT2D eigenvalue weighted by atomic mass is 10.3. The Morgan fingerprint density at radius 2 is 2.42 bits per heavy atom. The molecule has 1 aromatic heterocycles. The van der Waals surface area contributed by atoms with Crippen LogP contribution in [0.2, 0.25) is 5.02 Å². The van der Waals surface area contributed by atoms with E-state index in [1.165, 1.54) is 18.1 Å². The number of nitrogen functional groups attached to an aromatic ring is 1. The van der Waals surface area contributed by atoms with E-state index in [0.29, 0.717) is 23.7 Å². The van der Waals surface area contributed by atoms with Crippen molar-refractivity contribution in [2.24, 2.45) is 0 Å². The van der Waals surface area contributed by atoms with E-state index in [1.807, 2.05) is 0 Å². The molecule has 7 nitrogen and oxygen atoms in total. The van der Waals surface area contributed by atoms with Gasteiger partial charge in [0.25, 0.3) is 5.88 Å². The zero-order valence-corrected chi connectivity index (χ0v) is 11.1. The highest BCUT2D eigenvalue weighted by Gasteiger charge is 2.28. The van der Waals surface area contributed by atoms with E-state index in [4.69, 9.17) is 31.9 Å². The number of anilines is 1. The van der Waals surface area contributed by atoms with E-state index in [1.54, 1.807) is 0 Å². The molecule has 104 valence electrons. The van der Waals surface area contributed by atoms with E-state index in [-0.39, 0.29) is 24.3 Å². The number of likely N-dealkylation sites (tertiary alicyclic amines) is 1. The number of nitrogens with two attached hydrogens (primary N) is 1. The minimum atomic E-state index is -0.961. The minimum absolute atomic E-state index is 0.185. The molecule has 0 bridgehead atoms. The summed E-state index contributed by atoms with van der Waals surface area (Å²) in [4.78, 5) is 16.1. The summed E-state index contributed by atoms with van der Waals surface area (Å²) in [6.07, 6.45) is -0.657. The third-order valence-electron chi connectivity index (χ3n) is 2.81. The van der Waals surface area contributed by atoms with Gasteiger partial charge in [-0.1, -0.05) is 11.6 Å². The van der Waals surface area contributed by atoms with E-state index in [9.17, 15) is 4.79 Å². The fraction of sp³-hybridized carbons (Fsp3) is 0.455. The summed E-state index contributed by atoms with van der Waals surface area (Å²) in [5, 5.41) is 9.18. The Morgan fingerprint density at radius 3 is 3.00 bits per heavy atom. The first-order chi connectivity index (χ1) is 9.01. The maximum Gasteiger partial charge on any atom is 0.407 e. The number of nitrogens with zero attached hydrogens (tertiary/aromatic N) is 2. The summed E-state index contributed by atoms with van der Waals surface area (Å²) in [6.45, 7) is 0.713. The van der Waals surface area contributed by atoms with Crippen LogP contribution in [-0.2, 0) is 0 Å². The second-order valence-electron chi connectivity index (χ2n) is 4.12. The molecule has 0 saturated carbocycles. The molecule has 0 unspecified atom stereocenters. The average molecular weight is 288 g/mol. The third-order valence-corrected chi connectivity index (χ3v) is 3.10. The topological polar surface area (TPSA) is 97.9 Å². The number of pyridine rings is 1. The van der Waals surface area contributed by atoms with Crippen LogP contribution in [0.3, 0.4) is 0 Å². The van der Waals surface area contributed by atoms with Gasteiger partial charge >= 0.3 is 6.09 Å². The lowest BCUT2D eigenvalue weighted by Crippen LogP contribution is -2.29. The Balaban J connectivity index is 2.13. The van der Waals surface area contributed by atoms with Gasteiger partial charge in [-0.2, -0.15) is 4.98 Å². The number of aromatic nitrogens is 1. The van der Waals surface area contributed by atoms with Gasteiger partial charge in [0.1, 0.15) is 11.9 Å². The van der Waals surface area contributed by atoms with Gasteiger partial charge in [-0.15, -0.1) is 0 Å². The number of ether oxygens (including phenoxy) is 2. The maximum atomic E-state index is 10.8. The summed E-state index contributed by atoms with van der Waals surface area (Å²) in [5.74, 6) is 0.697. The zero-order valence-electron chi connectivity index (χ0n) is 10.3. The number of methoxy groups -OCH3 is 1. The van der Waals surface area contributed by atoms with Crippen LogP contribution in [0.1, 0.15) is 6.42 Å².